The van der Waals surface area contributed by atoms with Gasteiger partial charge in [0.1, 0.15) is 5.82 Å². The Morgan fingerprint density at radius 3 is 2.53 bits per heavy atom. The zero-order chi connectivity index (χ0) is 22.7. The van der Waals surface area contributed by atoms with Crippen LogP contribution < -0.4 is 5.32 Å². The van der Waals surface area contributed by atoms with E-state index in [0.717, 1.165) is 11.3 Å². The minimum absolute atomic E-state index is 0.186. The number of nitrogens with one attached hydrogen (secondary N) is 1. The summed E-state index contributed by atoms with van der Waals surface area (Å²) in [7, 11) is 0. The van der Waals surface area contributed by atoms with Crippen LogP contribution in [0.3, 0.4) is 0 Å². The van der Waals surface area contributed by atoms with Crippen molar-refractivity contribution in [2.75, 3.05) is 5.32 Å². The van der Waals surface area contributed by atoms with Crippen molar-refractivity contribution in [2.24, 2.45) is 0 Å². The van der Waals surface area contributed by atoms with E-state index >= 15 is 0 Å². The van der Waals surface area contributed by atoms with Gasteiger partial charge in [-0.25, -0.2) is 15.0 Å². The zero-order valence-corrected chi connectivity index (χ0v) is 18.8. The summed E-state index contributed by atoms with van der Waals surface area (Å²) in [6.45, 7) is 6.16. The molecular weight excluding hydrogens is 428 g/mol. The SMILES string of the molecule is CC(C)(C)c1cc(NC(=O)CCc2ncc(-c3ccc(Cl)cc3)o2)n(-c2ncccn2)n1. The van der Waals surface area contributed by atoms with Gasteiger partial charge in [0.2, 0.25) is 5.91 Å². The Morgan fingerprint density at radius 2 is 1.84 bits per heavy atom. The summed E-state index contributed by atoms with van der Waals surface area (Å²) in [5.74, 6) is 1.83. The van der Waals surface area contributed by atoms with Gasteiger partial charge in [0.05, 0.1) is 11.9 Å². The lowest BCUT2D eigenvalue weighted by molar-refractivity contribution is -0.116. The second kappa shape index (κ2) is 8.92. The average molecular weight is 451 g/mol. The summed E-state index contributed by atoms with van der Waals surface area (Å²) in [5.41, 5.74) is 1.50. The highest BCUT2D eigenvalue weighted by atomic mass is 35.5. The van der Waals surface area contributed by atoms with E-state index in [1.54, 1.807) is 41.5 Å². The molecule has 9 heteroatoms. The molecule has 3 heterocycles. The average Bonchev–Trinajstić information content (AvgIpc) is 3.41. The Hall–Kier alpha value is -3.52. The Kier molecular flexibility index (Phi) is 6.05. The van der Waals surface area contributed by atoms with Gasteiger partial charge >= 0.3 is 0 Å². The normalized spacial score (nSPS) is 11.5. The fourth-order valence-electron chi connectivity index (χ4n) is 2.99. The quantitative estimate of drug-likeness (QED) is 0.451. The first-order valence-corrected chi connectivity index (χ1v) is 10.6. The molecule has 0 atom stereocenters. The lowest BCUT2D eigenvalue weighted by Crippen LogP contribution is -2.16. The van der Waals surface area contributed by atoms with Crippen molar-refractivity contribution in [1.82, 2.24) is 24.7 Å². The molecule has 0 unspecified atom stereocenters. The molecule has 0 aliphatic rings. The molecule has 1 amide bonds. The Labute approximate surface area is 190 Å². The summed E-state index contributed by atoms with van der Waals surface area (Å²) in [6.07, 6.45) is 5.47. The van der Waals surface area contributed by atoms with Crippen molar-refractivity contribution < 1.29 is 9.21 Å². The van der Waals surface area contributed by atoms with Gasteiger partial charge in [0, 0.05) is 47.3 Å². The van der Waals surface area contributed by atoms with Crippen LogP contribution in [0.25, 0.3) is 17.3 Å². The third-order valence-electron chi connectivity index (χ3n) is 4.74. The van der Waals surface area contributed by atoms with Gasteiger partial charge in [-0.3, -0.25) is 4.79 Å². The Balaban J connectivity index is 1.45. The van der Waals surface area contributed by atoms with E-state index in [9.17, 15) is 4.79 Å². The van der Waals surface area contributed by atoms with Gasteiger partial charge in [0.25, 0.3) is 5.95 Å². The lowest BCUT2D eigenvalue weighted by atomic mass is 9.92. The second-order valence-electron chi connectivity index (χ2n) is 8.30. The molecule has 0 bridgehead atoms. The fourth-order valence-corrected chi connectivity index (χ4v) is 3.11. The van der Waals surface area contributed by atoms with Crippen molar-refractivity contribution in [3.8, 4) is 17.3 Å². The van der Waals surface area contributed by atoms with Crippen molar-refractivity contribution in [2.45, 2.75) is 39.0 Å². The van der Waals surface area contributed by atoms with E-state index < -0.39 is 0 Å². The molecule has 1 N–H and O–H groups in total. The molecule has 3 aromatic heterocycles. The smallest absolute Gasteiger partial charge is 0.252 e. The number of hydrogen-bond donors (Lipinski definition) is 1. The molecule has 0 spiro atoms. The highest BCUT2D eigenvalue weighted by Gasteiger charge is 2.22. The predicted octanol–water partition coefficient (Wildman–Crippen LogP) is 4.84. The van der Waals surface area contributed by atoms with Crippen molar-refractivity contribution in [3.05, 3.63) is 71.6 Å². The number of hydrogen-bond acceptors (Lipinski definition) is 6. The van der Waals surface area contributed by atoms with E-state index in [1.807, 2.05) is 18.2 Å². The Bertz CT molecular complexity index is 1210. The number of halogens is 1. The predicted molar refractivity (Wildman–Crippen MR) is 122 cm³/mol. The molecule has 0 aliphatic carbocycles. The molecule has 4 aromatic rings. The monoisotopic (exact) mass is 450 g/mol. The van der Waals surface area contributed by atoms with Crippen LogP contribution in [-0.4, -0.2) is 30.6 Å². The van der Waals surface area contributed by atoms with Crippen molar-refractivity contribution >= 4 is 23.3 Å². The van der Waals surface area contributed by atoms with Gasteiger partial charge in [-0.05, 0) is 30.3 Å². The molecule has 1 aromatic carbocycles. The van der Waals surface area contributed by atoms with E-state index in [4.69, 9.17) is 16.0 Å². The van der Waals surface area contributed by atoms with Crippen LogP contribution >= 0.6 is 11.6 Å². The number of carbonyl (C=O) groups is 1. The van der Waals surface area contributed by atoms with E-state index in [2.05, 4.69) is 46.1 Å². The maximum Gasteiger partial charge on any atom is 0.252 e. The third-order valence-corrected chi connectivity index (χ3v) is 4.99. The van der Waals surface area contributed by atoms with Crippen LogP contribution in [0.1, 0.15) is 38.8 Å². The topological polar surface area (TPSA) is 98.7 Å². The highest BCUT2D eigenvalue weighted by molar-refractivity contribution is 6.30. The summed E-state index contributed by atoms with van der Waals surface area (Å²) in [5, 5.41) is 8.17. The van der Waals surface area contributed by atoms with Crippen LogP contribution in [0, 0.1) is 0 Å². The third kappa shape index (κ3) is 5.03. The second-order valence-corrected chi connectivity index (χ2v) is 8.74. The van der Waals surface area contributed by atoms with E-state index in [1.165, 1.54) is 0 Å². The number of rotatable bonds is 6. The standard InChI is InChI=1S/C23H23ClN6O2/c1-23(2,3)18-13-19(30(29-18)22-25-11-4-12-26-22)28-20(31)9-10-21-27-14-17(32-21)15-5-7-16(24)8-6-15/h4-8,11-14H,9-10H2,1-3H3,(H,28,31). The van der Waals surface area contributed by atoms with Gasteiger partial charge in [-0.1, -0.05) is 32.4 Å². The first-order valence-electron chi connectivity index (χ1n) is 10.2. The molecule has 32 heavy (non-hydrogen) atoms. The van der Waals surface area contributed by atoms with Crippen LogP contribution in [0.5, 0.6) is 0 Å². The first-order chi connectivity index (χ1) is 15.3. The number of benzene rings is 1. The summed E-state index contributed by atoms with van der Waals surface area (Å²) >= 11 is 5.93. The van der Waals surface area contributed by atoms with Gasteiger partial charge in [-0.2, -0.15) is 9.78 Å². The summed E-state index contributed by atoms with van der Waals surface area (Å²) in [6, 6.07) is 10.9. The molecule has 0 saturated heterocycles. The molecule has 0 fully saturated rings. The fraction of sp³-hybridized carbons (Fsp3) is 0.261. The van der Waals surface area contributed by atoms with Crippen LogP contribution in [0.4, 0.5) is 5.82 Å². The lowest BCUT2D eigenvalue weighted by Gasteiger charge is -2.13. The first kappa shape index (κ1) is 21.7. The number of anilines is 1. The maximum atomic E-state index is 12.7. The molecule has 0 saturated carbocycles. The van der Waals surface area contributed by atoms with E-state index in [0.29, 0.717) is 34.9 Å². The van der Waals surface area contributed by atoms with Crippen molar-refractivity contribution in [1.29, 1.82) is 0 Å². The number of oxazole rings is 1. The van der Waals surface area contributed by atoms with Crippen LogP contribution in [-0.2, 0) is 16.6 Å². The molecule has 164 valence electrons. The van der Waals surface area contributed by atoms with Gasteiger partial charge in [-0.15, -0.1) is 0 Å². The number of amides is 1. The summed E-state index contributed by atoms with van der Waals surface area (Å²) in [4.78, 5) is 25.4. The van der Waals surface area contributed by atoms with Crippen LogP contribution in [0.15, 0.2) is 59.4 Å². The van der Waals surface area contributed by atoms with Crippen molar-refractivity contribution in [3.63, 3.8) is 0 Å². The van der Waals surface area contributed by atoms with E-state index in [-0.39, 0.29) is 17.7 Å². The number of aromatic nitrogens is 5. The molecule has 4 rings (SSSR count). The summed E-state index contributed by atoms with van der Waals surface area (Å²) < 4.78 is 7.32. The van der Waals surface area contributed by atoms with Gasteiger partial charge < -0.3 is 9.73 Å². The number of carbonyl (C=O) groups excluding carboxylic acids is 1. The minimum Gasteiger partial charge on any atom is -0.441 e. The minimum atomic E-state index is -0.199. The Morgan fingerprint density at radius 1 is 1.12 bits per heavy atom. The van der Waals surface area contributed by atoms with Gasteiger partial charge in [0.15, 0.2) is 11.7 Å². The molecule has 0 aliphatic heterocycles. The largest absolute Gasteiger partial charge is 0.441 e. The molecule has 0 radical (unpaired) electrons. The highest BCUT2D eigenvalue weighted by Crippen LogP contribution is 2.26. The van der Waals surface area contributed by atoms with Crippen LogP contribution in [0.2, 0.25) is 5.02 Å². The number of nitrogens with zero attached hydrogens (tertiary/aromatic N) is 5. The molecular formula is C23H23ClN6O2. The zero-order valence-electron chi connectivity index (χ0n) is 18.0. The number of aryl methyl sites for hydroxylation is 1. The molecule has 8 nitrogen and oxygen atoms in total. The maximum absolute atomic E-state index is 12.7.